The summed E-state index contributed by atoms with van der Waals surface area (Å²) in [6.07, 6.45) is 0. The summed E-state index contributed by atoms with van der Waals surface area (Å²) in [5.74, 6) is -0.297. The Morgan fingerprint density at radius 2 is 2.40 bits per heavy atom. The van der Waals surface area contributed by atoms with Gasteiger partial charge in [-0.15, -0.1) is 0 Å². The van der Waals surface area contributed by atoms with Crippen LogP contribution < -0.4 is 0 Å². The maximum absolute atomic E-state index is 12.5. The van der Waals surface area contributed by atoms with E-state index in [9.17, 15) is 4.39 Å². The standard InChI is InChI=1S/C8H5FN/c9-8-5-6-3-1-2-4-7(6)10-8/h2-5,10H. The van der Waals surface area contributed by atoms with Crippen molar-refractivity contribution in [1.29, 1.82) is 0 Å². The maximum atomic E-state index is 12.5. The number of nitrogens with one attached hydrogen (secondary N) is 1. The quantitative estimate of drug-likeness (QED) is 0.568. The Kier molecular flexibility index (Phi) is 1.01. The lowest BCUT2D eigenvalue weighted by atomic mass is 10.3. The molecule has 0 saturated heterocycles. The summed E-state index contributed by atoms with van der Waals surface area (Å²) >= 11 is 0. The molecule has 1 aromatic carbocycles. The Balaban J connectivity index is 2.88. The first-order valence-corrected chi connectivity index (χ1v) is 3.00. The molecule has 0 amide bonds. The van der Waals surface area contributed by atoms with Crippen LogP contribution in [0.5, 0.6) is 0 Å². The maximum Gasteiger partial charge on any atom is 0.192 e. The predicted molar refractivity (Wildman–Crippen MR) is 37.1 cm³/mol. The lowest BCUT2D eigenvalue weighted by molar-refractivity contribution is 0.595. The largest absolute Gasteiger partial charge is 0.331 e. The minimum Gasteiger partial charge on any atom is -0.331 e. The number of benzene rings is 1. The number of fused-ring (bicyclic) bond motifs is 1. The molecule has 0 fully saturated rings. The van der Waals surface area contributed by atoms with Crippen molar-refractivity contribution >= 4 is 10.9 Å². The Morgan fingerprint density at radius 1 is 1.50 bits per heavy atom. The Hall–Kier alpha value is -1.31. The lowest BCUT2D eigenvalue weighted by Crippen LogP contribution is -1.66. The van der Waals surface area contributed by atoms with E-state index < -0.39 is 0 Å². The summed E-state index contributed by atoms with van der Waals surface area (Å²) in [4.78, 5) is 2.57. The summed E-state index contributed by atoms with van der Waals surface area (Å²) in [5, 5.41) is 0.861. The van der Waals surface area contributed by atoms with Crippen LogP contribution in [0.1, 0.15) is 0 Å². The molecule has 0 atom stereocenters. The van der Waals surface area contributed by atoms with Crippen LogP contribution in [0, 0.1) is 12.0 Å². The van der Waals surface area contributed by atoms with E-state index in [4.69, 9.17) is 0 Å². The second-order valence-corrected chi connectivity index (χ2v) is 2.13. The molecule has 10 heavy (non-hydrogen) atoms. The third-order valence-electron chi connectivity index (χ3n) is 1.43. The molecule has 1 radical (unpaired) electrons. The molecule has 0 aliphatic carbocycles. The highest BCUT2D eigenvalue weighted by molar-refractivity contribution is 5.78. The van der Waals surface area contributed by atoms with E-state index in [1.54, 1.807) is 18.2 Å². The van der Waals surface area contributed by atoms with Gasteiger partial charge in [0.1, 0.15) is 0 Å². The van der Waals surface area contributed by atoms with Gasteiger partial charge in [0.15, 0.2) is 5.95 Å². The molecule has 0 unspecified atom stereocenters. The molecule has 1 aromatic heterocycles. The van der Waals surface area contributed by atoms with Crippen molar-refractivity contribution in [2.75, 3.05) is 0 Å². The lowest BCUT2D eigenvalue weighted by Gasteiger charge is -1.82. The third kappa shape index (κ3) is 0.692. The van der Waals surface area contributed by atoms with Gasteiger partial charge in [0, 0.05) is 17.0 Å². The van der Waals surface area contributed by atoms with Gasteiger partial charge in [-0.05, 0) is 18.2 Å². The zero-order valence-corrected chi connectivity index (χ0v) is 5.19. The number of hydrogen-bond donors (Lipinski definition) is 1. The fourth-order valence-electron chi connectivity index (χ4n) is 0.978. The van der Waals surface area contributed by atoms with Gasteiger partial charge in [0.2, 0.25) is 0 Å². The number of hydrogen-bond acceptors (Lipinski definition) is 0. The molecular weight excluding hydrogens is 129 g/mol. The second-order valence-electron chi connectivity index (χ2n) is 2.13. The number of aromatic amines is 1. The molecule has 0 bridgehead atoms. The minimum atomic E-state index is -0.297. The molecule has 0 saturated carbocycles. The molecule has 2 aromatic rings. The van der Waals surface area contributed by atoms with E-state index in [0.717, 1.165) is 10.9 Å². The summed E-state index contributed by atoms with van der Waals surface area (Å²) < 4.78 is 12.5. The van der Waals surface area contributed by atoms with Crippen LogP contribution in [0.4, 0.5) is 4.39 Å². The van der Waals surface area contributed by atoms with E-state index in [-0.39, 0.29) is 5.95 Å². The number of rotatable bonds is 0. The highest BCUT2D eigenvalue weighted by atomic mass is 19.1. The molecule has 0 aliphatic heterocycles. The molecule has 49 valence electrons. The highest BCUT2D eigenvalue weighted by Crippen LogP contribution is 2.12. The number of halogens is 1. The summed E-state index contributed by atoms with van der Waals surface area (Å²) in [5.41, 5.74) is 0.816. The van der Waals surface area contributed by atoms with Gasteiger partial charge in [0.05, 0.1) is 0 Å². The van der Waals surface area contributed by atoms with E-state index in [2.05, 4.69) is 11.1 Å². The molecular formula is C8H5FN. The fraction of sp³-hybridized carbons (Fsp3) is 0. The molecule has 1 nitrogen and oxygen atoms in total. The molecule has 0 spiro atoms. The van der Waals surface area contributed by atoms with Crippen LogP contribution in [0.3, 0.4) is 0 Å². The average Bonchev–Trinajstić information content (AvgIpc) is 2.27. The molecule has 0 aliphatic rings. The van der Waals surface area contributed by atoms with E-state index >= 15 is 0 Å². The van der Waals surface area contributed by atoms with Crippen molar-refractivity contribution in [3.05, 3.63) is 36.3 Å². The van der Waals surface area contributed by atoms with Gasteiger partial charge in [-0.2, -0.15) is 4.39 Å². The van der Waals surface area contributed by atoms with Crippen LogP contribution in [0.25, 0.3) is 10.9 Å². The molecule has 2 heteroatoms. The van der Waals surface area contributed by atoms with Gasteiger partial charge in [-0.3, -0.25) is 0 Å². The van der Waals surface area contributed by atoms with E-state index in [0.29, 0.717) is 0 Å². The minimum absolute atomic E-state index is 0.297. The van der Waals surface area contributed by atoms with Gasteiger partial charge in [-0.1, -0.05) is 6.07 Å². The Morgan fingerprint density at radius 3 is 3.20 bits per heavy atom. The molecule has 1 N–H and O–H groups in total. The monoisotopic (exact) mass is 134 g/mol. The molecule has 1 heterocycles. The first kappa shape index (κ1) is 5.47. The van der Waals surface area contributed by atoms with Gasteiger partial charge < -0.3 is 4.98 Å². The predicted octanol–water partition coefficient (Wildman–Crippen LogP) is 2.11. The van der Waals surface area contributed by atoms with Gasteiger partial charge >= 0.3 is 0 Å². The van der Waals surface area contributed by atoms with Crippen molar-refractivity contribution < 1.29 is 4.39 Å². The molecule has 2 rings (SSSR count). The summed E-state index contributed by atoms with van der Waals surface area (Å²) in [6, 6.07) is 9.60. The smallest absolute Gasteiger partial charge is 0.192 e. The van der Waals surface area contributed by atoms with Crippen LogP contribution in [-0.4, -0.2) is 4.98 Å². The van der Waals surface area contributed by atoms with Crippen LogP contribution in [0.15, 0.2) is 24.3 Å². The Labute approximate surface area is 57.5 Å². The van der Waals surface area contributed by atoms with E-state index in [1.165, 1.54) is 6.07 Å². The van der Waals surface area contributed by atoms with Crippen molar-refractivity contribution in [3.8, 4) is 0 Å². The average molecular weight is 134 g/mol. The van der Waals surface area contributed by atoms with Crippen LogP contribution >= 0.6 is 0 Å². The SMILES string of the molecule is Fc1cc2c[c]ccc2[nH]1. The fourth-order valence-corrected chi connectivity index (χ4v) is 0.978. The summed E-state index contributed by atoms with van der Waals surface area (Å²) in [6.45, 7) is 0. The highest BCUT2D eigenvalue weighted by Gasteiger charge is 1.95. The van der Waals surface area contributed by atoms with Crippen molar-refractivity contribution in [2.45, 2.75) is 0 Å². The third-order valence-corrected chi connectivity index (χ3v) is 1.43. The topological polar surface area (TPSA) is 15.8 Å². The van der Waals surface area contributed by atoms with E-state index in [1.807, 2.05) is 0 Å². The van der Waals surface area contributed by atoms with Gasteiger partial charge in [0.25, 0.3) is 0 Å². The zero-order valence-electron chi connectivity index (χ0n) is 5.19. The van der Waals surface area contributed by atoms with Gasteiger partial charge in [-0.25, -0.2) is 0 Å². The van der Waals surface area contributed by atoms with Crippen LogP contribution in [-0.2, 0) is 0 Å². The zero-order chi connectivity index (χ0) is 6.97. The Bertz CT molecular complexity index is 318. The number of aromatic nitrogens is 1. The van der Waals surface area contributed by atoms with Crippen LogP contribution in [0.2, 0.25) is 0 Å². The van der Waals surface area contributed by atoms with Crippen molar-refractivity contribution in [3.63, 3.8) is 0 Å². The first-order valence-electron chi connectivity index (χ1n) is 3.00. The summed E-state index contributed by atoms with van der Waals surface area (Å²) in [7, 11) is 0. The first-order chi connectivity index (χ1) is 4.86. The van der Waals surface area contributed by atoms with Crippen molar-refractivity contribution in [2.24, 2.45) is 0 Å². The number of H-pyrrole nitrogens is 1. The van der Waals surface area contributed by atoms with Crippen molar-refractivity contribution in [1.82, 2.24) is 4.98 Å². The second kappa shape index (κ2) is 1.84. The normalized spacial score (nSPS) is 10.5.